The van der Waals surface area contributed by atoms with Gasteiger partial charge in [-0.1, -0.05) is 36.4 Å². The average molecular weight is 342 g/mol. The molecule has 3 rings (SSSR count). The summed E-state index contributed by atoms with van der Waals surface area (Å²) in [5.74, 6) is -3.28. The van der Waals surface area contributed by atoms with E-state index in [0.717, 1.165) is 0 Å². The maximum absolute atomic E-state index is 12.5. The van der Waals surface area contributed by atoms with E-state index in [0.29, 0.717) is 10.4 Å². The van der Waals surface area contributed by atoms with Gasteiger partial charge < -0.3 is 0 Å². The van der Waals surface area contributed by atoms with Crippen LogP contribution in [0, 0.1) is 5.92 Å². The molecule has 7 heteroatoms. The highest BCUT2D eigenvalue weighted by Crippen LogP contribution is 2.32. The first-order chi connectivity index (χ1) is 11.6. The predicted molar refractivity (Wildman–Crippen MR) is 87.6 cm³/mol. The summed E-state index contributed by atoms with van der Waals surface area (Å²) in [4.78, 5) is 48.7. The van der Waals surface area contributed by atoms with Crippen molar-refractivity contribution in [3.63, 3.8) is 0 Å². The number of ketones is 1. The van der Waals surface area contributed by atoms with Gasteiger partial charge in [-0.25, -0.2) is 4.79 Å². The standard InChI is InChI=1S/C17H14N2O4S/c20-12(13-7-4-8-24-13)9-11(10-5-2-1-3-6-10)14-15(21)18-17(23)19-16(14)22/h1-8,11,14H,9H2,(H2,18,19,21,22,23)/t11-/m0/s1. The highest BCUT2D eigenvalue weighted by atomic mass is 32.1. The Morgan fingerprint density at radius 1 is 1.00 bits per heavy atom. The van der Waals surface area contributed by atoms with Gasteiger partial charge in [-0.05, 0) is 17.0 Å². The number of benzene rings is 1. The van der Waals surface area contributed by atoms with E-state index in [1.54, 1.807) is 41.8 Å². The minimum Gasteiger partial charge on any atom is -0.293 e. The molecular formula is C17H14N2O4S. The van der Waals surface area contributed by atoms with E-state index in [-0.39, 0.29) is 12.2 Å². The SMILES string of the molecule is O=C1NC(=O)C([C@@H](CC(=O)c2cccs2)c2ccccc2)C(=O)N1. The molecular weight excluding hydrogens is 328 g/mol. The molecule has 1 fully saturated rings. The summed E-state index contributed by atoms with van der Waals surface area (Å²) in [6.45, 7) is 0. The number of hydrogen-bond donors (Lipinski definition) is 2. The van der Waals surface area contributed by atoms with E-state index in [4.69, 9.17) is 0 Å². The molecule has 1 aliphatic rings. The largest absolute Gasteiger partial charge is 0.328 e. The molecule has 0 unspecified atom stereocenters. The van der Waals surface area contributed by atoms with Crippen molar-refractivity contribution < 1.29 is 19.2 Å². The third kappa shape index (κ3) is 3.26. The fourth-order valence-corrected chi connectivity index (χ4v) is 3.44. The van der Waals surface area contributed by atoms with Crippen LogP contribution < -0.4 is 10.6 Å². The highest BCUT2D eigenvalue weighted by Gasteiger charge is 2.41. The Balaban J connectivity index is 1.93. The zero-order chi connectivity index (χ0) is 17.1. The minimum atomic E-state index is -1.13. The van der Waals surface area contributed by atoms with Crippen LogP contribution >= 0.6 is 11.3 Å². The van der Waals surface area contributed by atoms with Crippen molar-refractivity contribution in [2.75, 3.05) is 0 Å². The summed E-state index contributed by atoms with van der Waals surface area (Å²) in [5.41, 5.74) is 0.701. The van der Waals surface area contributed by atoms with Crippen molar-refractivity contribution in [3.05, 3.63) is 58.3 Å². The fraction of sp³-hybridized carbons (Fsp3) is 0.176. The zero-order valence-electron chi connectivity index (χ0n) is 12.5. The molecule has 1 aromatic heterocycles. The van der Waals surface area contributed by atoms with E-state index in [2.05, 4.69) is 10.6 Å². The Morgan fingerprint density at radius 2 is 1.67 bits per heavy atom. The van der Waals surface area contributed by atoms with E-state index >= 15 is 0 Å². The molecule has 2 aromatic rings. The topological polar surface area (TPSA) is 92.3 Å². The van der Waals surface area contributed by atoms with Crippen LogP contribution in [0.25, 0.3) is 0 Å². The van der Waals surface area contributed by atoms with Crippen molar-refractivity contribution >= 4 is 35.0 Å². The number of Topliss-reactive ketones (excluding diaryl/α,β-unsaturated/α-hetero) is 1. The van der Waals surface area contributed by atoms with Crippen LogP contribution in [0.5, 0.6) is 0 Å². The van der Waals surface area contributed by atoms with Crippen molar-refractivity contribution in [1.82, 2.24) is 10.6 Å². The number of thiophene rings is 1. The Morgan fingerprint density at radius 3 is 2.25 bits per heavy atom. The molecule has 0 radical (unpaired) electrons. The van der Waals surface area contributed by atoms with Gasteiger partial charge in [0.05, 0.1) is 4.88 Å². The van der Waals surface area contributed by atoms with Gasteiger partial charge >= 0.3 is 6.03 Å². The van der Waals surface area contributed by atoms with Crippen LogP contribution in [-0.2, 0) is 9.59 Å². The molecule has 24 heavy (non-hydrogen) atoms. The molecule has 1 atom stereocenters. The van der Waals surface area contributed by atoms with Crippen LogP contribution in [0.1, 0.15) is 27.6 Å². The molecule has 122 valence electrons. The molecule has 6 nitrogen and oxygen atoms in total. The molecule has 2 heterocycles. The summed E-state index contributed by atoms with van der Waals surface area (Å²) in [6, 6.07) is 11.5. The van der Waals surface area contributed by atoms with Crippen LogP contribution in [0.4, 0.5) is 4.79 Å². The third-order valence-corrected chi connectivity index (χ3v) is 4.78. The van der Waals surface area contributed by atoms with Gasteiger partial charge in [0.15, 0.2) is 5.78 Å². The molecule has 1 aliphatic heterocycles. The van der Waals surface area contributed by atoms with Gasteiger partial charge in [0.2, 0.25) is 11.8 Å². The summed E-state index contributed by atoms with van der Waals surface area (Å²) < 4.78 is 0. The second-order valence-electron chi connectivity index (χ2n) is 5.41. The maximum atomic E-state index is 12.5. The number of hydrogen-bond acceptors (Lipinski definition) is 5. The van der Waals surface area contributed by atoms with Gasteiger partial charge in [-0.2, -0.15) is 0 Å². The van der Waals surface area contributed by atoms with E-state index in [1.165, 1.54) is 11.3 Å². The lowest BCUT2D eigenvalue weighted by Crippen LogP contribution is -2.57. The first-order valence-electron chi connectivity index (χ1n) is 7.33. The third-order valence-electron chi connectivity index (χ3n) is 3.87. The molecule has 2 N–H and O–H groups in total. The van der Waals surface area contributed by atoms with Gasteiger partial charge in [0.25, 0.3) is 0 Å². The van der Waals surface area contributed by atoms with E-state index in [1.807, 2.05) is 6.07 Å². The lowest BCUT2D eigenvalue weighted by molar-refractivity contribution is -0.136. The van der Waals surface area contributed by atoms with Crippen LogP contribution in [0.15, 0.2) is 47.8 Å². The smallest absolute Gasteiger partial charge is 0.293 e. The van der Waals surface area contributed by atoms with Crippen LogP contribution in [0.2, 0.25) is 0 Å². The van der Waals surface area contributed by atoms with Crippen LogP contribution in [-0.4, -0.2) is 23.6 Å². The molecule has 0 spiro atoms. The number of imide groups is 2. The second kappa shape index (κ2) is 6.76. The molecule has 0 saturated carbocycles. The molecule has 1 saturated heterocycles. The summed E-state index contributed by atoms with van der Waals surface area (Å²) >= 11 is 1.31. The van der Waals surface area contributed by atoms with E-state index < -0.39 is 29.7 Å². The number of nitrogens with one attached hydrogen (secondary N) is 2. The van der Waals surface area contributed by atoms with Gasteiger partial charge in [0, 0.05) is 12.3 Å². The van der Waals surface area contributed by atoms with Gasteiger partial charge in [0.1, 0.15) is 5.92 Å². The molecule has 0 bridgehead atoms. The number of urea groups is 1. The Labute approximate surface area is 141 Å². The van der Waals surface area contributed by atoms with Gasteiger partial charge in [-0.3, -0.25) is 25.0 Å². The lowest BCUT2D eigenvalue weighted by atomic mass is 9.80. The summed E-state index contributed by atoms with van der Waals surface area (Å²) in [6.07, 6.45) is 0.00419. The Bertz CT molecular complexity index is 766. The molecule has 0 aliphatic carbocycles. The number of amides is 4. The monoisotopic (exact) mass is 342 g/mol. The molecule has 4 amide bonds. The minimum absolute atomic E-state index is 0.00419. The predicted octanol–water partition coefficient (Wildman–Crippen LogP) is 2.09. The first kappa shape index (κ1) is 16.1. The Hall–Kier alpha value is -2.80. The number of carbonyl (C=O) groups excluding carboxylic acids is 4. The van der Waals surface area contributed by atoms with Crippen molar-refractivity contribution in [2.24, 2.45) is 5.92 Å². The van der Waals surface area contributed by atoms with Crippen molar-refractivity contribution in [2.45, 2.75) is 12.3 Å². The van der Waals surface area contributed by atoms with E-state index in [9.17, 15) is 19.2 Å². The lowest BCUT2D eigenvalue weighted by Gasteiger charge is -2.28. The highest BCUT2D eigenvalue weighted by molar-refractivity contribution is 7.12. The van der Waals surface area contributed by atoms with Crippen molar-refractivity contribution in [3.8, 4) is 0 Å². The quantitative estimate of drug-likeness (QED) is 0.643. The zero-order valence-corrected chi connectivity index (χ0v) is 13.3. The summed E-state index contributed by atoms with van der Waals surface area (Å²) in [5, 5.41) is 5.99. The normalized spacial score (nSPS) is 16.4. The fourth-order valence-electron chi connectivity index (χ4n) is 2.76. The number of rotatable bonds is 5. The summed E-state index contributed by atoms with van der Waals surface area (Å²) in [7, 11) is 0. The van der Waals surface area contributed by atoms with Crippen LogP contribution in [0.3, 0.4) is 0 Å². The number of barbiturate groups is 1. The Kier molecular flexibility index (Phi) is 4.52. The number of carbonyl (C=O) groups is 4. The molecule has 1 aromatic carbocycles. The van der Waals surface area contributed by atoms with Crippen molar-refractivity contribution in [1.29, 1.82) is 0 Å². The van der Waals surface area contributed by atoms with Gasteiger partial charge in [-0.15, -0.1) is 11.3 Å². The maximum Gasteiger partial charge on any atom is 0.328 e. The second-order valence-corrected chi connectivity index (χ2v) is 6.35. The first-order valence-corrected chi connectivity index (χ1v) is 8.21. The average Bonchev–Trinajstić information content (AvgIpc) is 3.08.